The van der Waals surface area contributed by atoms with Gasteiger partial charge in [-0.05, 0) is 37.1 Å². The Kier molecular flexibility index (Phi) is 5.08. The van der Waals surface area contributed by atoms with E-state index < -0.39 is 10.5 Å². The van der Waals surface area contributed by atoms with Gasteiger partial charge in [-0.3, -0.25) is 19.7 Å². The monoisotopic (exact) mass is 381 g/mol. The number of likely N-dealkylation sites (N-methyl/N-ethyl adjacent to an activating group) is 1. The first kappa shape index (κ1) is 19.0. The van der Waals surface area contributed by atoms with Crippen molar-refractivity contribution in [1.82, 2.24) is 9.97 Å². The summed E-state index contributed by atoms with van der Waals surface area (Å²) in [5.41, 5.74) is 2.40. The molecular formula is C19H19N5O4. The van der Waals surface area contributed by atoms with Crippen molar-refractivity contribution in [3.05, 3.63) is 68.3 Å². The van der Waals surface area contributed by atoms with Crippen LogP contribution in [0.3, 0.4) is 0 Å². The molecule has 1 amide bonds. The molecule has 9 heteroatoms. The van der Waals surface area contributed by atoms with E-state index in [2.05, 4.69) is 15.3 Å². The van der Waals surface area contributed by atoms with Crippen LogP contribution in [-0.2, 0) is 4.79 Å². The van der Waals surface area contributed by atoms with Crippen LogP contribution in [0.15, 0.2) is 41.5 Å². The van der Waals surface area contributed by atoms with Crippen LogP contribution in [-0.4, -0.2) is 34.4 Å². The maximum Gasteiger partial charge on any atom is 0.293 e. The van der Waals surface area contributed by atoms with Crippen LogP contribution in [0.1, 0.15) is 11.1 Å². The van der Waals surface area contributed by atoms with Gasteiger partial charge in [0.2, 0.25) is 5.91 Å². The van der Waals surface area contributed by atoms with Crippen molar-refractivity contribution in [2.24, 2.45) is 0 Å². The lowest BCUT2D eigenvalue weighted by Crippen LogP contribution is -2.30. The first-order chi connectivity index (χ1) is 13.3. The van der Waals surface area contributed by atoms with Crippen molar-refractivity contribution >= 4 is 33.9 Å². The summed E-state index contributed by atoms with van der Waals surface area (Å²) in [6, 6.07) is 8.34. The number of H-pyrrole nitrogens is 1. The molecule has 0 aliphatic heterocycles. The molecule has 2 aromatic carbocycles. The maximum absolute atomic E-state index is 12.5. The first-order valence-corrected chi connectivity index (χ1v) is 8.50. The second-order valence-electron chi connectivity index (χ2n) is 6.57. The van der Waals surface area contributed by atoms with E-state index in [0.29, 0.717) is 11.2 Å². The van der Waals surface area contributed by atoms with Crippen LogP contribution < -0.4 is 15.8 Å². The first-order valence-electron chi connectivity index (χ1n) is 8.50. The summed E-state index contributed by atoms with van der Waals surface area (Å²) in [5, 5.41) is 14.4. The third-order valence-corrected chi connectivity index (χ3v) is 4.39. The normalized spacial score (nSPS) is 10.7. The summed E-state index contributed by atoms with van der Waals surface area (Å²) < 4.78 is 0. The number of aromatic amines is 1. The fourth-order valence-electron chi connectivity index (χ4n) is 2.91. The van der Waals surface area contributed by atoms with Crippen LogP contribution >= 0.6 is 0 Å². The maximum atomic E-state index is 12.5. The van der Waals surface area contributed by atoms with Gasteiger partial charge in [0.25, 0.3) is 11.2 Å². The number of rotatable bonds is 5. The fraction of sp³-hybridized carbons (Fsp3) is 0.211. The van der Waals surface area contributed by atoms with Crippen molar-refractivity contribution in [3.8, 4) is 0 Å². The topological polar surface area (TPSA) is 121 Å². The Labute approximate surface area is 160 Å². The molecule has 144 valence electrons. The number of aryl methyl sites for hydroxylation is 2. The number of amides is 1. The third-order valence-electron chi connectivity index (χ3n) is 4.39. The fourth-order valence-corrected chi connectivity index (χ4v) is 2.91. The predicted molar refractivity (Wildman–Crippen MR) is 107 cm³/mol. The predicted octanol–water partition coefficient (Wildman–Crippen LogP) is 2.52. The molecular weight excluding hydrogens is 362 g/mol. The number of carbonyl (C=O) groups excluding carboxylic acids is 1. The van der Waals surface area contributed by atoms with E-state index in [-0.39, 0.29) is 29.2 Å². The van der Waals surface area contributed by atoms with E-state index in [1.165, 1.54) is 23.4 Å². The lowest BCUT2D eigenvalue weighted by Gasteiger charge is -2.19. The second kappa shape index (κ2) is 7.47. The number of anilines is 2. The average molecular weight is 381 g/mol. The Bertz CT molecular complexity index is 1140. The number of nitrogens with one attached hydrogen (secondary N) is 2. The Balaban J connectivity index is 1.90. The van der Waals surface area contributed by atoms with Gasteiger partial charge in [0.15, 0.2) is 0 Å². The molecule has 0 saturated heterocycles. The SMILES string of the molecule is Cc1ccc(C)c(NC(=O)CN(C)c2cc3nc[nH]c(=O)c3cc2[N+](=O)[O-])c1. The molecule has 1 heterocycles. The molecule has 9 nitrogen and oxygen atoms in total. The highest BCUT2D eigenvalue weighted by Crippen LogP contribution is 2.30. The van der Waals surface area contributed by atoms with Gasteiger partial charge >= 0.3 is 0 Å². The molecule has 0 spiro atoms. The number of nitro benzene ring substituents is 1. The summed E-state index contributed by atoms with van der Waals surface area (Å²) in [6.07, 6.45) is 1.23. The molecule has 0 bridgehead atoms. The van der Waals surface area contributed by atoms with E-state index in [1.54, 1.807) is 7.05 Å². The lowest BCUT2D eigenvalue weighted by atomic mass is 10.1. The van der Waals surface area contributed by atoms with Crippen LogP contribution in [0.4, 0.5) is 17.1 Å². The molecule has 28 heavy (non-hydrogen) atoms. The molecule has 0 atom stereocenters. The number of aromatic nitrogens is 2. The van der Waals surface area contributed by atoms with Crippen molar-refractivity contribution in [1.29, 1.82) is 0 Å². The molecule has 0 radical (unpaired) electrons. The van der Waals surface area contributed by atoms with Gasteiger partial charge < -0.3 is 15.2 Å². The minimum absolute atomic E-state index is 0.108. The molecule has 3 aromatic rings. The minimum Gasteiger partial charge on any atom is -0.360 e. The standard InChI is InChI=1S/C19H19N5O4/c1-11-4-5-12(2)14(6-11)22-18(25)9-23(3)16-8-15-13(7-17(16)24(27)28)19(26)21-10-20-15/h4-8,10H,9H2,1-3H3,(H,22,25)(H,20,21,26). The molecule has 0 unspecified atom stereocenters. The van der Waals surface area contributed by atoms with E-state index >= 15 is 0 Å². The van der Waals surface area contributed by atoms with E-state index in [4.69, 9.17) is 0 Å². The van der Waals surface area contributed by atoms with Gasteiger partial charge in [-0.2, -0.15) is 0 Å². The van der Waals surface area contributed by atoms with Crippen LogP contribution in [0.2, 0.25) is 0 Å². The Hall–Kier alpha value is -3.75. The number of nitrogens with zero attached hydrogens (tertiary/aromatic N) is 3. The molecule has 0 fully saturated rings. The number of hydrogen-bond donors (Lipinski definition) is 2. The van der Waals surface area contributed by atoms with Crippen molar-refractivity contribution in [3.63, 3.8) is 0 Å². The Morgan fingerprint density at radius 1 is 1.29 bits per heavy atom. The Morgan fingerprint density at radius 3 is 2.75 bits per heavy atom. The van der Waals surface area contributed by atoms with Crippen LogP contribution in [0.5, 0.6) is 0 Å². The highest BCUT2D eigenvalue weighted by Gasteiger charge is 2.21. The summed E-state index contributed by atoms with van der Waals surface area (Å²) >= 11 is 0. The van der Waals surface area contributed by atoms with Crippen LogP contribution in [0, 0.1) is 24.0 Å². The third kappa shape index (κ3) is 3.83. The zero-order valence-electron chi connectivity index (χ0n) is 15.6. The Morgan fingerprint density at radius 2 is 2.04 bits per heavy atom. The van der Waals surface area contributed by atoms with E-state index in [0.717, 1.165) is 11.1 Å². The van der Waals surface area contributed by atoms with E-state index in [9.17, 15) is 19.7 Å². The molecule has 0 saturated carbocycles. The van der Waals surface area contributed by atoms with Gasteiger partial charge in [0.1, 0.15) is 5.69 Å². The van der Waals surface area contributed by atoms with Crippen LogP contribution in [0.25, 0.3) is 10.9 Å². The van der Waals surface area contributed by atoms with Crippen molar-refractivity contribution < 1.29 is 9.72 Å². The lowest BCUT2D eigenvalue weighted by molar-refractivity contribution is -0.384. The molecule has 3 rings (SSSR count). The van der Waals surface area contributed by atoms with Gasteiger partial charge in [-0.15, -0.1) is 0 Å². The summed E-state index contributed by atoms with van der Waals surface area (Å²) in [7, 11) is 1.57. The number of benzene rings is 2. The van der Waals surface area contributed by atoms with Gasteiger partial charge in [-0.25, -0.2) is 4.98 Å². The van der Waals surface area contributed by atoms with E-state index in [1.807, 2.05) is 32.0 Å². The zero-order chi connectivity index (χ0) is 20.4. The molecule has 0 aliphatic carbocycles. The quantitative estimate of drug-likeness (QED) is 0.517. The number of fused-ring (bicyclic) bond motifs is 1. The highest BCUT2D eigenvalue weighted by molar-refractivity contribution is 5.96. The molecule has 0 aliphatic rings. The molecule has 1 aromatic heterocycles. The zero-order valence-corrected chi connectivity index (χ0v) is 15.6. The summed E-state index contributed by atoms with van der Waals surface area (Å²) in [6.45, 7) is 3.70. The average Bonchev–Trinajstić information content (AvgIpc) is 2.64. The number of nitro groups is 1. The number of hydrogen-bond acceptors (Lipinski definition) is 6. The molecule has 2 N–H and O–H groups in total. The van der Waals surface area contributed by atoms with Crippen molar-refractivity contribution in [2.75, 3.05) is 23.8 Å². The van der Waals surface area contributed by atoms with Crippen molar-refractivity contribution in [2.45, 2.75) is 13.8 Å². The van der Waals surface area contributed by atoms with Gasteiger partial charge in [0, 0.05) is 18.8 Å². The second-order valence-corrected chi connectivity index (χ2v) is 6.57. The summed E-state index contributed by atoms with van der Waals surface area (Å²) in [5.74, 6) is -0.315. The van der Waals surface area contributed by atoms with Gasteiger partial charge in [-0.1, -0.05) is 12.1 Å². The highest BCUT2D eigenvalue weighted by atomic mass is 16.6. The smallest absolute Gasteiger partial charge is 0.293 e. The minimum atomic E-state index is -0.583. The largest absolute Gasteiger partial charge is 0.360 e. The number of carbonyl (C=O) groups is 1. The summed E-state index contributed by atoms with van der Waals surface area (Å²) in [4.78, 5) is 43.1. The van der Waals surface area contributed by atoms with Gasteiger partial charge in [0.05, 0.1) is 28.7 Å².